The molecule has 2 aromatic rings. The molecule has 0 spiro atoms. The van der Waals surface area contributed by atoms with Crippen molar-refractivity contribution in [2.45, 2.75) is 65.3 Å². The van der Waals surface area contributed by atoms with E-state index in [4.69, 9.17) is 4.74 Å². The monoisotopic (exact) mass is 549 g/mol. The maximum Gasteiger partial charge on any atom is 0.356 e. The Morgan fingerprint density at radius 2 is 1.68 bits per heavy atom. The van der Waals surface area contributed by atoms with Crippen molar-refractivity contribution in [3.63, 3.8) is 0 Å². The summed E-state index contributed by atoms with van der Waals surface area (Å²) in [7, 11) is -2.09. The molecule has 0 aliphatic carbocycles. The first kappa shape index (κ1) is 29.6. The van der Waals surface area contributed by atoms with Gasteiger partial charge in [-0.25, -0.2) is 17.9 Å². The molecule has 3 rings (SSSR count). The number of carbonyl (C=O) groups excluding carboxylic acids is 1. The van der Waals surface area contributed by atoms with E-state index in [1.54, 1.807) is 13.0 Å². The van der Waals surface area contributed by atoms with Gasteiger partial charge in [0.2, 0.25) is 21.8 Å². The standard InChI is InChI=1S/C26H39N5O6S/c1-17-22(24(33)34)28-31(26(5,6)7)23(17)37-19-10-9-18(27-21(32)16-25(2,3)4)15-20(19)38(35,36)30-13-11-29(8)12-14-30/h9-10,15H,11-14,16H2,1-8H3,(H,27,32)(H,33,34). The van der Waals surface area contributed by atoms with Crippen LogP contribution >= 0.6 is 0 Å². The van der Waals surface area contributed by atoms with E-state index in [2.05, 4.69) is 10.4 Å². The number of carbonyl (C=O) groups is 2. The number of anilines is 1. The van der Waals surface area contributed by atoms with Crippen molar-refractivity contribution < 1.29 is 27.9 Å². The summed E-state index contributed by atoms with van der Waals surface area (Å²) in [5, 5.41) is 16.7. The van der Waals surface area contributed by atoms with E-state index in [0.29, 0.717) is 31.9 Å². The molecule has 0 saturated carbocycles. The molecule has 2 N–H and O–H groups in total. The lowest BCUT2D eigenvalue weighted by Crippen LogP contribution is -2.47. The molecule has 0 atom stereocenters. The van der Waals surface area contributed by atoms with E-state index < -0.39 is 21.5 Å². The fourth-order valence-electron chi connectivity index (χ4n) is 4.09. The number of ether oxygens (including phenoxy) is 1. The normalized spacial score (nSPS) is 15.9. The zero-order valence-corrected chi connectivity index (χ0v) is 24.3. The number of carboxylic acids is 1. The predicted molar refractivity (Wildman–Crippen MR) is 144 cm³/mol. The fourth-order valence-corrected chi connectivity index (χ4v) is 5.65. The quantitative estimate of drug-likeness (QED) is 0.533. The molecule has 11 nitrogen and oxygen atoms in total. The predicted octanol–water partition coefficient (Wildman–Crippen LogP) is 3.75. The molecule has 1 aromatic carbocycles. The van der Waals surface area contributed by atoms with Crippen LogP contribution in [0.1, 0.15) is 64.0 Å². The Bertz CT molecular complexity index is 1310. The van der Waals surface area contributed by atoms with Gasteiger partial charge in [-0.3, -0.25) is 4.79 Å². The maximum absolute atomic E-state index is 13.9. The van der Waals surface area contributed by atoms with E-state index in [0.717, 1.165) is 0 Å². The summed E-state index contributed by atoms with van der Waals surface area (Å²) in [6.45, 7) is 14.7. The van der Waals surface area contributed by atoms with Crippen LogP contribution in [-0.2, 0) is 20.4 Å². The first-order valence-corrected chi connectivity index (χ1v) is 14.0. The highest BCUT2D eigenvalue weighted by atomic mass is 32.2. The molecule has 210 valence electrons. The van der Waals surface area contributed by atoms with Gasteiger partial charge in [0, 0.05) is 43.9 Å². The van der Waals surface area contributed by atoms with E-state index in [9.17, 15) is 23.1 Å². The third-order valence-corrected chi connectivity index (χ3v) is 8.03. The number of amides is 1. The number of piperazine rings is 1. The molecule has 1 aromatic heterocycles. The van der Waals surface area contributed by atoms with Crippen molar-refractivity contribution in [2.24, 2.45) is 5.41 Å². The van der Waals surface area contributed by atoms with E-state index in [1.165, 1.54) is 21.1 Å². The second kappa shape index (κ2) is 10.7. The molecule has 38 heavy (non-hydrogen) atoms. The summed E-state index contributed by atoms with van der Waals surface area (Å²) in [5.74, 6) is -1.29. The zero-order valence-electron chi connectivity index (χ0n) is 23.5. The number of sulfonamides is 1. The summed E-state index contributed by atoms with van der Waals surface area (Å²) in [5.41, 5.74) is -0.466. The van der Waals surface area contributed by atoms with Crippen LogP contribution in [0, 0.1) is 12.3 Å². The van der Waals surface area contributed by atoms with Crippen molar-refractivity contribution in [3.8, 4) is 11.6 Å². The highest BCUT2D eigenvalue weighted by Crippen LogP contribution is 2.37. The number of hydrogen-bond donors (Lipinski definition) is 2. The van der Waals surface area contributed by atoms with Gasteiger partial charge in [-0.05, 0) is 58.4 Å². The molecule has 0 bridgehead atoms. The highest BCUT2D eigenvalue weighted by molar-refractivity contribution is 7.89. The summed E-state index contributed by atoms with van der Waals surface area (Å²) >= 11 is 0. The fraction of sp³-hybridized carbons (Fsp3) is 0.577. The summed E-state index contributed by atoms with van der Waals surface area (Å²) in [6.07, 6.45) is 0.258. The van der Waals surface area contributed by atoms with Crippen molar-refractivity contribution in [1.82, 2.24) is 19.0 Å². The van der Waals surface area contributed by atoms with Gasteiger partial charge in [-0.1, -0.05) is 20.8 Å². The molecule has 0 radical (unpaired) electrons. The second-order valence-corrected chi connectivity index (χ2v) is 13.8. The molecular weight excluding hydrogens is 510 g/mol. The number of carboxylic acid groups (broad SMARTS) is 1. The number of rotatable bonds is 7. The molecule has 1 amide bonds. The number of aromatic nitrogens is 2. The van der Waals surface area contributed by atoms with Crippen LogP contribution in [0.3, 0.4) is 0 Å². The van der Waals surface area contributed by atoms with Crippen LogP contribution in [0.4, 0.5) is 5.69 Å². The average molecular weight is 550 g/mol. The Balaban J connectivity index is 2.11. The number of nitrogens with one attached hydrogen (secondary N) is 1. The van der Waals surface area contributed by atoms with Crippen LogP contribution < -0.4 is 10.1 Å². The lowest BCUT2D eigenvalue weighted by molar-refractivity contribution is -0.117. The SMILES string of the molecule is Cc1c(C(=O)O)nn(C(C)(C)C)c1Oc1ccc(NC(=O)CC(C)(C)C)cc1S(=O)(=O)N1CCN(C)CC1. The number of hydrogen-bond acceptors (Lipinski definition) is 7. The first-order valence-electron chi connectivity index (χ1n) is 12.5. The average Bonchev–Trinajstić information content (AvgIpc) is 3.10. The first-order chi connectivity index (χ1) is 17.4. The third-order valence-electron chi connectivity index (χ3n) is 6.11. The van der Waals surface area contributed by atoms with Crippen LogP contribution in [0.5, 0.6) is 11.6 Å². The van der Waals surface area contributed by atoms with Crippen LogP contribution in [0.15, 0.2) is 23.1 Å². The lowest BCUT2D eigenvalue weighted by atomic mass is 9.92. The maximum atomic E-state index is 13.9. The van der Waals surface area contributed by atoms with E-state index in [-0.39, 0.29) is 45.5 Å². The Kier molecular flexibility index (Phi) is 8.30. The van der Waals surface area contributed by atoms with Crippen molar-refractivity contribution in [3.05, 3.63) is 29.5 Å². The number of benzene rings is 1. The molecular formula is C26H39N5O6S. The van der Waals surface area contributed by atoms with Gasteiger partial charge in [-0.2, -0.15) is 9.40 Å². The van der Waals surface area contributed by atoms with Crippen molar-refractivity contribution in [1.29, 1.82) is 0 Å². The smallest absolute Gasteiger partial charge is 0.356 e. The number of nitrogens with zero attached hydrogens (tertiary/aromatic N) is 4. The number of aromatic carboxylic acids is 1. The molecule has 2 heterocycles. The molecule has 1 aliphatic rings. The van der Waals surface area contributed by atoms with Gasteiger partial charge >= 0.3 is 5.97 Å². The van der Waals surface area contributed by atoms with Crippen molar-refractivity contribution >= 4 is 27.6 Å². The molecule has 12 heteroatoms. The minimum absolute atomic E-state index is 0.0168. The van der Waals surface area contributed by atoms with Gasteiger partial charge in [0.25, 0.3) is 0 Å². The summed E-state index contributed by atoms with van der Waals surface area (Å²) in [4.78, 5) is 26.3. The molecule has 1 aliphatic heterocycles. The summed E-state index contributed by atoms with van der Waals surface area (Å²) < 4.78 is 36.7. The Morgan fingerprint density at radius 1 is 1.08 bits per heavy atom. The van der Waals surface area contributed by atoms with Crippen LogP contribution in [0.2, 0.25) is 0 Å². The van der Waals surface area contributed by atoms with Gasteiger partial charge in [0.15, 0.2) is 5.69 Å². The Morgan fingerprint density at radius 3 is 2.21 bits per heavy atom. The van der Waals surface area contributed by atoms with Gasteiger partial charge in [0.1, 0.15) is 10.6 Å². The largest absolute Gasteiger partial charge is 0.476 e. The van der Waals surface area contributed by atoms with E-state index in [1.807, 2.05) is 53.5 Å². The summed E-state index contributed by atoms with van der Waals surface area (Å²) in [6, 6.07) is 4.45. The highest BCUT2D eigenvalue weighted by Gasteiger charge is 2.33. The minimum Gasteiger partial charge on any atom is -0.476 e. The molecule has 1 fully saturated rings. The van der Waals surface area contributed by atoms with E-state index >= 15 is 0 Å². The minimum atomic E-state index is -4.02. The second-order valence-electron chi connectivity index (χ2n) is 11.9. The van der Waals surface area contributed by atoms with Gasteiger partial charge < -0.3 is 20.1 Å². The number of likely N-dealkylation sites (N-methyl/N-ethyl adjacent to an activating group) is 1. The van der Waals surface area contributed by atoms with Gasteiger partial charge in [0.05, 0.1) is 5.54 Å². The van der Waals surface area contributed by atoms with Gasteiger partial charge in [-0.15, -0.1) is 0 Å². The molecule has 1 saturated heterocycles. The molecule has 0 unspecified atom stereocenters. The third kappa shape index (κ3) is 6.72. The topological polar surface area (TPSA) is 134 Å². The van der Waals surface area contributed by atoms with Crippen molar-refractivity contribution in [2.75, 3.05) is 38.5 Å². The zero-order chi connectivity index (χ0) is 28.6. The van der Waals surface area contributed by atoms with Crippen LogP contribution in [-0.4, -0.2) is 77.6 Å². The Hall–Kier alpha value is -2.96. The Labute approximate surface area is 224 Å². The van der Waals surface area contributed by atoms with Crippen LogP contribution in [0.25, 0.3) is 0 Å². The lowest BCUT2D eigenvalue weighted by Gasteiger charge is -2.32.